The monoisotopic (exact) mass is 297 g/mol. The third-order valence-corrected chi connectivity index (χ3v) is 3.18. The van der Waals surface area contributed by atoms with Gasteiger partial charge in [0.15, 0.2) is 0 Å². The lowest BCUT2D eigenvalue weighted by atomic mass is 10.0. The predicted octanol–water partition coefficient (Wildman–Crippen LogP) is 1.71. The van der Waals surface area contributed by atoms with Crippen LogP contribution in [0.25, 0.3) is 0 Å². The van der Waals surface area contributed by atoms with E-state index in [0.717, 1.165) is 13.0 Å². The molecular weight excluding hydrogens is 272 g/mol. The summed E-state index contributed by atoms with van der Waals surface area (Å²) >= 11 is 0. The second-order valence-electron chi connectivity index (χ2n) is 4.33. The van der Waals surface area contributed by atoms with Gasteiger partial charge in [0.05, 0.1) is 26.4 Å². The van der Waals surface area contributed by atoms with Crippen LogP contribution in [0.2, 0.25) is 0 Å². The molecule has 7 heteroatoms. The van der Waals surface area contributed by atoms with E-state index in [9.17, 15) is 13.0 Å². The fraction of sp³-hybridized carbons (Fsp3) is 1.00. The fourth-order valence-corrected chi connectivity index (χ4v) is 1.84. The van der Waals surface area contributed by atoms with Crippen molar-refractivity contribution in [3.05, 3.63) is 0 Å². The van der Waals surface area contributed by atoms with Gasteiger partial charge in [0, 0.05) is 6.61 Å². The van der Waals surface area contributed by atoms with Gasteiger partial charge in [-0.2, -0.15) is 0 Å². The van der Waals surface area contributed by atoms with E-state index < -0.39 is 10.4 Å². The molecule has 6 nitrogen and oxygen atoms in total. The minimum absolute atomic E-state index is 0.0673. The molecule has 0 heterocycles. The maximum atomic E-state index is 10.1. The molecule has 0 spiro atoms. The van der Waals surface area contributed by atoms with Crippen LogP contribution in [0.3, 0.4) is 0 Å². The molecule has 1 unspecified atom stereocenters. The molecule has 0 saturated carbocycles. The zero-order valence-corrected chi connectivity index (χ0v) is 12.6. The SMILES string of the molecule is CCCCC(CC)COCCOCCOS(=O)(=O)[O-]. The lowest BCUT2D eigenvalue weighted by molar-refractivity contribution is 0.0223. The molecule has 0 saturated heterocycles. The Hall–Kier alpha value is -0.210. The average molecular weight is 297 g/mol. The van der Waals surface area contributed by atoms with Crippen molar-refractivity contribution in [3.8, 4) is 0 Å². The summed E-state index contributed by atoms with van der Waals surface area (Å²) < 4.78 is 44.9. The summed E-state index contributed by atoms with van der Waals surface area (Å²) in [5.41, 5.74) is 0. The van der Waals surface area contributed by atoms with Gasteiger partial charge < -0.3 is 14.0 Å². The van der Waals surface area contributed by atoms with Gasteiger partial charge in [-0.1, -0.05) is 33.1 Å². The smallest absolute Gasteiger partial charge is 0.217 e. The molecule has 0 rings (SSSR count). The van der Waals surface area contributed by atoms with Crippen LogP contribution in [0.1, 0.15) is 39.5 Å². The van der Waals surface area contributed by atoms with Gasteiger partial charge in [0.1, 0.15) is 0 Å². The Labute approximate surface area is 116 Å². The summed E-state index contributed by atoms with van der Waals surface area (Å²) in [6.07, 6.45) is 4.71. The van der Waals surface area contributed by atoms with Crippen LogP contribution >= 0.6 is 0 Å². The van der Waals surface area contributed by atoms with E-state index in [4.69, 9.17) is 9.47 Å². The largest absolute Gasteiger partial charge is 0.726 e. The predicted molar refractivity (Wildman–Crippen MR) is 70.6 cm³/mol. The van der Waals surface area contributed by atoms with Crippen LogP contribution in [-0.2, 0) is 24.1 Å². The molecule has 116 valence electrons. The molecule has 0 amide bonds. The molecule has 19 heavy (non-hydrogen) atoms. The van der Waals surface area contributed by atoms with Crippen LogP contribution in [-0.4, -0.2) is 46.0 Å². The van der Waals surface area contributed by atoms with Gasteiger partial charge in [-0.05, 0) is 12.3 Å². The van der Waals surface area contributed by atoms with E-state index in [1.165, 1.54) is 19.3 Å². The average Bonchev–Trinajstić information content (AvgIpc) is 2.35. The molecule has 0 aliphatic carbocycles. The molecule has 1 atom stereocenters. The van der Waals surface area contributed by atoms with Crippen molar-refractivity contribution >= 4 is 10.4 Å². The van der Waals surface area contributed by atoms with Crippen molar-refractivity contribution < 1.29 is 26.6 Å². The highest BCUT2D eigenvalue weighted by molar-refractivity contribution is 7.80. The molecule has 0 bridgehead atoms. The highest BCUT2D eigenvalue weighted by atomic mass is 32.3. The topological polar surface area (TPSA) is 84.9 Å². The maximum Gasteiger partial charge on any atom is 0.217 e. The van der Waals surface area contributed by atoms with Crippen molar-refractivity contribution in [2.24, 2.45) is 5.92 Å². The first-order valence-corrected chi connectivity index (χ1v) is 8.08. The normalized spacial score (nSPS) is 13.6. The molecule has 0 aromatic rings. The third kappa shape index (κ3) is 14.0. The van der Waals surface area contributed by atoms with Gasteiger partial charge >= 0.3 is 0 Å². The first-order chi connectivity index (χ1) is 8.99. The van der Waals surface area contributed by atoms with Crippen molar-refractivity contribution in [1.82, 2.24) is 0 Å². The van der Waals surface area contributed by atoms with E-state index in [0.29, 0.717) is 19.1 Å². The molecule has 0 aromatic heterocycles. The maximum absolute atomic E-state index is 10.1. The molecule has 0 aliphatic heterocycles. The van der Waals surface area contributed by atoms with Crippen LogP contribution in [0.15, 0.2) is 0 Å². The molecule has 0 aliphatic rings. The van der Waals surface area contributed by atoms with E-state index >= 15 is 0 Å². The zero-order valence-electron chi connectivity index (χ0n) is 11.8. The summed E-state index contributed by atoms with van der Waals surface area (Å²) in [5.74, 6) is 0.592. The second kappa shape index (κ2) is 11.6. The Morgan fingerprint density at radius 1 is 1.05 bits per heavy atom. The van der Waals surface area contributed by atoms with Crippen molar-refractivity contribution in [2.45, 2.75) is 39.5 Å². The summed E-state index contributed by atoms with van der Waals surface area (Å²) in [6.45, 7) is 5.70. The Bertz CT molecular complexity index is 291. The molecular formula is C12H25O6S-. The first-order valence-electron chi connectivity index (χ1n) is 6.75. The van der Waals surface area contributed by atoms with E-state index in [2.05, 4.69) is 18.0 Å². The highest BCUT2D eigenvalue weighted by Gasteiger charge is 2.05. The number of rotatable bonds is 13. The quantitative estimate of drug-likeness (QED) is 0.292. The van der Waals surface area contributed by atoms with E-state index in [1.807, 2.05) is 0 Å². The van der Waals surface area contributed by atoms with Crippen LogP contribution in [0, 0.1) is 5.92 Å². The lowest BCUT2D eigenvalue weighted by Crippen LogP contribution is -2.15. The molecule has 0 aromatic carbocycles. The van der Waals surface area contributed by atoms with Gasteiger partial charge in [-0.15, -0.1) is 0 Å². The van der Waals surface area contributed by atoms with E-state index in [1.54, 1.807) is 0 Å². The fourth-order valence-electron chi connectivity index (χ4n) is 1.56. The van der Waals surface area contributed by atoms with Crippen molar-refractivity contribution in [3.63, 3.8) is 0 Å². The minimum atomic E-state index is -4.61. The van der Waals surface area contributed by atoms with Crippen LogP contribution in [0.5, 0.6) is 0 Å². The minimum Gasteiger partial charge on any atom is -0.726 e. The molecule has 0 fully saturated rings. The highest BCUT2D eigenvalue weighted by Crippen LogP contribution is 2.12. The summed E-state index contributed by atoms with van der Waals surface area (Å²) in [6, 6.07) is 0. The van der Waals surface area contributed by atoms with Crippen LogP contribution in [0.4, 0.5) is 0 Å². The summed E-state index contributed by atoms with van der Waals surface area (Å²) in [7, 11) is -4.61. The Morgan fingerprint density at radius 3 is 2.26 bits per heavy atom. The van der Waals surface area contributed by atoms with Gasteiger partial charge in [-0.3, -0.25) is 4.18 Å². The van der Waals surface area contributed by atoms with Crippen LogP contribution < -0.4 is 0 Å². The lowest BCUT2D eigenvalue weighted by Gasteiger charge is -2.14. The number of hydrogen-bond donors (Lipinski definition) is 0. The van der Waals surface area contributed by atoms with Gasteiger partial charge in [-0.25, -0.2) is 8.42 Å². The molecule has 0 N–H and O–H groups in total. The number of unbranched alkanes of at least 4 members (excludes halogenated alkanes) is 1. The standard InChI is InChI=1S/C12H26O6S/c1-3-5-6-12(4-2)11-17-8-7-16-9-10-18-19(13,14)15/h12H,3-11H2,1-2H3,(H,13,14,15)/p-1. The summed E-state index contributed by atoms with van der Waals surface area (Å²) in [5, 5.41) is 0. The van der Waals surface area contributed by atoms with Crippen molar-refractivity contribution in [2.75, 3.05) is 33.0 Å². The third-order valence-electron chi connectivity index (χ3n) is 2.72. The van der Waals surface area contributed by atoms with Gasteiger partial charge in [0.2, 0.25) is 10.4 Å². The molecule has 0 radical (unpaired) electrons. The number of ether oxygens (including phenoxy) is 2. The van der Waals surface area contributed by atoms with E-state index in [-0.39, 0.29) is 13.2 Å². The van der Waals surface area contributed by atoms with Crippen molar-refractivity contribution in [1.29, 1.82) is 0 Å². The first kappa shape index (κ1) is 18.8. The zero-order chi connectivity index (χ0) is 14.6. The second-order valence-corrected chi connectivity index (χ2v) is 5.39. The Balaban J connectivity index is 3.34. The van der Waals surface area contributed by atoms with Gasteiger partial charge in [0.25, 0.3) is 0 Å². The Morgan fingerprint density at radius 2 is 1.68 bits per heavy atom. The number of hydrogen-bond acceptors (Lipinski definition) is 6. The summed E-state index contributed by atoms with van der Waals surface area (Å²) in [4.78, 5) is 0. The Kier molecular flexibility index (Phi) is 11.5.